The Balaban J connectivity index is 2.97. The molecule has 5 nitrogen and oxygen atoms in total. The minimum absolute atomic E-state index is 0.229. The molecule has 0 spiro atoms. The zero-order valence-electron chi connectivity index (χ0n) is 11.4. The summed E-state index contributed by atoms with van der Waals surface area (Å²) in [6, 6.07) is 1.54. The molecule has 2 N–H and O–H groups in total. The topological polar surface area (TPSA) is 79.3 Å². The van der Waals surface area contributed by atoms with Gasteiger partial charge in [-0.3, -0.25) is 4.79 Å². The monoisotopic (exact) mass is 304 g/mol. The SMILES string of the molecule is CCC(C)C(NC(=O)c1cccc(C(=O)O)n1)C(F)(F)F. The fourth-order valence-corrected chi connectivity index (χ4v) is 1.68. The molecule has 1 amide bonds. The first-order valence-electron chi connectivity index (χ1n) is 6.24. The highest BCUT2D eigenvalue weighted by Crippen LogP contribution is 2.27. The predicted octanol–water partition coefficient (Wildman–Crippen LogP) is 2.49. The van der Waals surface area contributed by atoms with Gasteiger partial charge in [0, 0.05) is 0 Å². The molecule has 21 heavy (non-hydrogen) atoms. The van der Waals surface area contributed by atoms with Gasteiger partial charge >= 0.3 is 12.1 Å². The van der Waals surface area contributed by atoms with Crippen LogP contribution in [-0.2, 0) is 0 Å². The number of carboxylic acids is 1. The molecule has 0 aliphatic heterocycles. The number of halogens is 3. The lowest BCUT2D eigenvalue weighted by Crippen LogP contribution is -2.49. The fraction of sp³-hybridized carbons (Fsp3) is 0.462. The Bertz CT molecular complexity index is 532. The van der Waals surface area contributed by atoms with Gasteiger partial charge in [0.05, 0.1) is 0 Å². The highest BCUT2D eigenvalue weighted by atomic mass is 19.4. The summed E-state index contributed by atoms with van der Waals surface area (Å²) in [7, 11) is 0. The van der Waals surface area contributed by atoms with E-state index in [0.29, 0.717) is 0 Å². The smallest absolute Gasteiger partial charge is 0.408 e. The van der Waals surface area contributed by atoms with Crippen LogP contribution in [0.25, 0.3) is 0 Å². The van der Waals surface area contributed by atoms with E-state index in [1.54, 1.807) is 6.92 Å². The zero-order chi connectivity index (χ0) is 16.2. The highest BCUT2D eigenvalue weighted by molar-refractivity contribution is 5.94. The van der Waals surface area contributed by atoms with Crippen molar-refractivity contribution in [3.63, 3.8) is 0 Å². The number of nitrogens with one attached hydrogen (secondary N) is 1. The Hall–Kier alpha value is -2.12. The van der Waals surface area contributed by atoms with E-state index in [2.05, 4.69) is 4.98 Å². The maximum atomic E-state index is 12.9. The van der Waals surface area contributed by atoms with Gasteiger partial charge in [0.25, 0.3) is 5.91 Å². The van der Waals surface area contributed by atoms with Gasteiger partial charge in [-0.25, -0.2) is 9.78 Å². The van der Waals surface area contributed by atoms with Crippen molar-refractivity contribution in [2.24, 2.45) is 5.92 Å². The first kappa shape index (κ1) is 16.9. The number of rotatable bonds is 5. The summed E-state index contributed by atoms with van der Waals surface area (Å²) in [5.74, 6) is -3.23. The number of aromatic carboxylic acids is 1. The van der Waals surface area contributed by atoms with Crippen LogP contribution < -0.4 is 5.32 Å². The lowest BCUT2D eigenvalue weighted by Gasteiger charge is -2.26. The molecule has 0 saturated heterocycles. The molecular formula is C13H15F3N2O3. The molecule has 0 aliphatic rings. The van der Waals surface area contributed by atoms with Crippen LogP contribution in [0, 0.1) is 5.92 Å². The van der Waals surface area contributed by atoms with Gasteiger partial charge in [-0.2, -0.15) is 13.2 Å². The Kier molecular flexibility index (Phi) is 5.28. The van der Waals surface area contributed by atoms with E-state index >= 15 is 0 Å². The maximum Gasteiger partial charge on any atom is 0.408 e. The van der Waals surface area contributed by atoms with Gasteiger partial charge in [0.1, 0.15) is 17.4 Å². The largest absolute Gasteiger partial charge is 0.477 e. The molecule has 0 aromatic carbocycles. The number of aromatic nitrogens is 1. The lowest BCUT2D eigenvalue weighted by atomic mass is 9.98. The van der Waals surface area contributed by atoms with Crippen molar-refractivity contribution in [3.8, 4) is 0 Å². The molecule has 0 bridgehead atoms. The summed E-state index contributed by atoms with van der Waals surface area (Å²) in [5, 5.41) is 10.6. The van der Waals surface area contributed by atoms with Crippen molar-refractivity contribution in [1.29, 1.82) is 0 Å². The van der Waals surface area contributed by atoms with Crippen LogP contribution in [-0.4, -0.2) is 34.2 Å². The van der Waals surface area contributed by atoms with Crippen molar-refractivity contribution < 1.29 is 27.9 Å². The second kappa shape index (κ2) is 6.55. The summed E-state index contributed by atoms with van der Waals surface area (Å²) in [6.45, 7) is 2.96. The molecule has 0 radical (unpaired) electrons. The number of alkyl halides is 3. The molecule has 0 saturated carbocycles. The average molecular weight is 304 g/mol. The van der Waals surface area contributed by atoms with E-state index in [-0.39, 0.29) is 12.1 Å². The van der Waals surface area contributed by atoms with Crippen LogP contribution in [0.5, 0.6) is 0 Å². The summed E-state index contributed by atoms with van der Waals surface area (Å²) in [6.07, 6.45) is -4.36. The Labute approximate surface area is 119 Å². The molecule has 1 rings (SSSR count). The number of amides is 1. The molecular weight excluding hydrogens is 289 g/mol. The third-order valence-corrected chi connectivity index (χ3v) is 3.05. The second-order valence-electron chi connectivity index (χ2n) is 4.59. The normalized spacial score (nSPS) is 14.3. The van der Waals surface area contributed by atoms with E-state index in [4.69, 9.17) is 5.11 Å². The fourth-order valence-electron chi connectivity index (χ4n) is 1.68. The van der Waals surface area contributed by atoms with Crippen LogP contribution >= 0.6 is 0 Å². The minimum atomic E-state index is -4.59. The van der Waals surface area contributed by atoms with E-state index in [0.717, 1.165) is 12.1 Å². The van der Waals surface area contributed by atoms with Crippen LogP contribution in [0.15, 0.2) is 18.2 Å². The first-order valence-corrected chi connectivity index (χ1v) is 6.24. The second-order valence-corrected chi connectivity index (χ2v) is 4.59. The number of carboxylic acid groups (broad SMARTS) is 1. The Morgan fingerprint density at radius 1 is 1.33 bits per heavy atom. The third-order valence-electron chi connectivity index (χ3n) is 3.05. The number of nitrogens with zero attached hydrogens (tertiary/aromatic N) is 1. The van der Waals surface area contributed by atoms with Crippen molar-refractivity contribution >= 4 is 11.9 Å². The van der Waals surface area contributed by atoms with Crippen LogP contribution in [0.2, 0.25) is 0 Å². The van der Waals surface area contributed by atoms with Crippen molar-refractivity contribution in [1.82, 2.24) is 10.3 Å². The Morgan fingerprint density at radius 3 is 2.38 bits per heavy atom. The number of carbonyl (C=O) groups excluding carboxylic acids is 1. The van der Waals surface area contributed by atoms with Gasteiger partial charge in [-0.15, -0.1) is 0 Å². The van der Waals surface area contributed by atoms with E-state index < -0.39 is 35.7 Å². The third kappa shape index (κ3) is 4.44. The molecule has 0 fully saturated rings. The molecule has 1 heterocycles. The number of hydrogen-bond acceptors (Lipinski definition) is 3. The summed E-state index contributed by atoms with van der Waals surface area (Å²) in [4.78, 5) is 26.1. The van der Waals surface area contributed by atoms with Crippen LogP contribution in [0.4, 0.5) is 13.2 Å². The molecule has 116 valence electrons. The minimum Gasteiger partial charge on any atom is -0.477 e. The van der Waals surface area contributed by atoms with Gasteiger partial charge in [-0.1, -0.05) is 26.3 Å². The number of pyridine rings is 1. The zero-order valence-corrected chi connectivity index (χ0v) is 11.4. The summed E-state index contributed by atoms with van der Waals surface area (Å²) >= 11 is 0. The highest BCUT2D eigenvalue weighted by Gasteiger charge is 2.43. The maximum absolute atomic E-state index is 12.9. The quantitative estimate of drug-likeness (QED) is 0.876. The molecule has 8 heteroatoms. The van der Waals surface area contributed by atoms with Gasteiger partial charge in [-0.05, 0) is 18.1 Å². The number of hydrogen-bond donors (Lipinski definition) is 2. The van der Waals surface area contributed by atoms with E-state index in [1.807, 2.05) is 5.32 Å². The molecule has 0 aliphatic carbocycles. The summed E-state index contributed by atoms with van der Waals surface area (Å²) in [5.41, 5.74) is -0.776. The molecule has 1 aromatic rings. The first-order chi connectivity index (χ1) is 9.66. The van der Waals surface area contributed by atoms with Crippen molar-refractivity contribution in [3.05, 3.63) is 29.6 Å². The average Bonchev–Trinajstić information content (AvgIpc) is 2.42. The van der Waals surface area contributed by atoms with Crippen molar-refractivity contribution in [2.45, 2.75) is 32.5 Å². The van der Waals surface area contributed by atoms with Crippen LogP contribution in [0.3, 0.4) is 0 Å². The van der Waals surface area contributed by atoms with E-state index in [9.17, 15) is 22.8 Å². The molecule has 2 unspecified atom stereocenters. The van der Waals surface area contributed by atoms with Gasteiger partial charge in [0.2, 0.25) is 0 Å². The van der Waals surface area contributed by atoms with Crippen LogP contribution in [0.1, 0.15) is 41.2 Å². The molecule has 2 atom stereocenters. The lowest BCUT2D eigenvalue weighted by molar-refractivity contribution is -0.164. The summed E-state index contributed by atoms with van der Waals surface area (Å²) < 4.78 is 38.7. The predicted molar refractivity (Wildman–Crippen MR) is 68.0 cm³/mol. The standard InChI is InChI=1S/C13H15F3N2O3/c1-3-7(2)10(13(14,15)16)18-11(19)8-5-4-6-9(17-8)12(20)21/h4-7,10H,3H2,1-2H3,(H,18,19)(H,20,21). The van der Waals surface area contributed by atoms with Gasteiger partial charge in [0.15, 0.2) is 0 Å². The van der Waals surface area contributed by atoms with E-state index in [1.165, 1.54) is 13.0 Å². The van der Waals surface area contributed by atoms with Crippen molar-refractivity contribution in [2.75, 3.05) is 0 Å². The Morgan fingerprint density at radius 2 is 1.90 bits per heavy atom. The van der Waals surface area contributed by atoms with Gasteiger partial charge < -0.3 is 10.4 Å². The number of carbonyl (C=O) groups is 2. The molecule has 1 aromatic heterocycles.